The molecule has 3 aromatic carbocycles. The molecule has 1 atom stereocenters. The molecule has 0 unspecified atom stereocenters. The van der Waals surface area contributed by atoms with E-state index >= 15 is 0 Å². The Morgan fingerprint density at radius 3 is 2.49 bits per heavy atom. The van der Waals surface area contributed by atoms with Crippen LogP contribution in [0.25, 0.3) is 17.0 Å². The molecule has 0 saturated carbocycles. The third-order valence-corrected chi connectivity index (χ3v) is 8.59. The van der Waals surface area contributed by atoms with E-state index < -0.39 is 6.04 Å². The molecular weight excluding hydrogens is 552 g/mol. The molecule has 204 valence electrons. The molecule has 0 bridgehead atoms. The molecule has 8 heteroatoms. The van der Waals surface area contributed by atoms with Crippen LogP contribution in [0.1, 0.15) is 29.8 Å². The van der Waals surface area contributed by atoms with Gasteiger partial charge in [-0.05, 0) is 55.8 Å². The normalized spacial score (nSPS) is 15.1. The molecule has 2 aromatic heterocycles. The summed E-state index contributed by atoms with van der Waals surface area (Å²) in [5, 5.41) is 4.61. The number of aromatic nitrogens is 2. The average molecular weight is 579 g/mol. The van der Waals surface area contributed by atoms with E-state index in [4.69, 9.17) is 16.6 Å². The summed E-state index contributed by atoms with van der Waals surface area (Å²) in [4.78, 5) is 33.2. The highest BCUT2D eigenvalue weighted by Crippen LogP contribution is 2.32. The standard InChI is InChI=1S/C33H27ClN4O2S/c1-4-18-37-21(3)26(25-12-8-9-13-27(25)37)19-28-32(40)38-30(22-14-16-23(34)17-15-22)29(20(2)35-33(38)41-28)31(39)36-24-10-6-5-7-11-24/h4-17,19,30H,1,18H2,2-3H3,(H,36,39)/b28-19-/t30-/m0/s1. The monoisotopic (exact) mass is 578 g/mol. The third-order valence-electron chi connectivity index (χ3n) is 7.35. The topological polar surface area (TPSA) is 68.4 Å². The van der Waals surface area contributed by atoms with E-state index in [0.717, 1.165) is 27.7 Å². The summed E-state index contributed by atoms with van der Waals surface area (Å²) in [6.45, 7) is 8.44. The number of nitrogens with zero attached hydrogens (tertiary/aromatic N) is 3. The Bertz CT molecular complexity index is 2030. The highest BCUT2D eigenvalue weighted by molar-refractivity contribution is 7.07. The number of benzene rings is 3. The number of amides is 1. The van der Waals surface area contributed by atoms with Crippen molar-refractivity contribution in [3.8, 4) is 0 Å². The molecule has 1 N–H and O–H groups in total. The van der Waals surface area contributed by atoms with E-state index in [9.17, 15) is 9.59 Å². The number of hydrogen-bond donors (Lipinski definition) is 1. The minimum absolute atomic E-state index is 0.203. The largest absolute Gasteiger partial charge is 0.340 e. The van der Waals surface area contributed by atoms with E-state index in [1.54, 1.807) is 16.7 Å². The lowest BCUT2D eigenvalue weighted by Gasteiger charge is -2.25. The van der Waals surface area contributed by atoms with E-state index in [2.05, 4.69) is 35.5 Å². The van der Waals surface area contributed by atoms with Gasteiger partial charge in [-0.15, -0.1) is 6.58 Å². The van der Waals surface area contributed by atoms with Crippen LogP contribution >= 0.6 is 22.9 Å². The Hall–Kier alpha value is -4.46. The number of para-hydroxylation sites is 2. The number of thiazole rings is 1. The lowest BCUT2D eigenvalue weighted by atomic mass is 9.95. The second kappa shape index (κ2) is 10.8. The van der Waals surface area contributed by atoms with E-state index in [-0.39, 0.29) is 11.5 Å². The summed E-state index contributed by atoms with van der Waals surface area (Å²) < 4.78 is 4.37. The van der Waals surface area contributed by atoms with Gasteiger partial charge in [0.25, 0.3) is 11.5 Å². The molecule has 0 saturated heterocycles. The zero-order chi connectivity index (χ0) is 28.7. The molecule has 1 amide bonds. The number of rotatable bonds is 6. The molecule has 1 aliphatic rings. The van der Waals surface area contributed by atoms with E-state index in [0.29, 0.717) is 37.9 Å². The number of carbonyl (C=O) groups excluding carboxylic acids is 1. The van der Waals surface area contributed by atoms with Crippen LogP contribution < -0.4 is 20.2 Å². The molecule has 0 aliphatic carbocycles. The molecule has 5 aromatic rings. The second-order valence-electron chi connectivity index (χ2n) is 9.87. The van der Waals surface area contributed by atoms with E-state index in [1.807, 2.05) is 73.7 Å². The summed E-state index contributed by atoms with van der Waals surface area (Å²) in [5.74, 6) is -0.310. The molecule has 6 rings (SSSR count). The summed E-state index contributed by atoms with van der Waals surface area (Å²) in [6.07, 6.45) is 3.82. The van der Waals surface area contributed by atoms with Crippen LogP contribution in [0.4, 0.5) is 5.69 Å². The maximum absolute atomic E-state index is 14.2. The highest BCUT2D eigenvalue weighted by atomic mass is 35.5. The highest BCUT2D eigenvalue weighted by Gasteiger charge is 2.32. The van der Waals surface area contributed by atoms with Gasteiger partial charge in [-0.1, -0.05) is 77.5 Å². The average Bonchev–Trinajstić information content (AvgIpc) is 3.42. The zero-order valence-electron chi connectivity index (χ0n) is 22.6. The van der Waals surface area contributed by atoms with Crippen LogP contribution in [0.15, 0.2) is 113 Å². The number of fused-ring (bicyclic) bond motifs is 2. The van der Waals surface area contributed by atoms with Crippen LogP contribution in [0.2, 0.25) is 5.02 Å². The van der Waals surface area contributed by atoms with Gasteiger partial charge in [0.05, 0.1) is 21.8 Å². The van der Waals surface area contributed by atoms with Crippen molar-refractivity contribution in [2.24, 2.45) is 4.99 Å². The Labute approximate surface area is 245 Å². The van der Waals surface area contributed by atoms with Gasteiger partial charge in [0.1, 0.15) is 0 Å². The summed E-state index contributed by atoms with van der Waals surface area (Å²) in [5.41, 5.74) is 5.31. The second-order valence-corrected chi connectivity index (χ2v) is 11.3. The van der Waals surface area contributed by atoms with Crippen molar-refractivity contribution in [3.05, 3.63) is 144 Å². The first-order valence-corrected chi connectivity index (χ1v) is 14.4. The first-order valence-electron chi connectivity index (χ1n) is 13.2. The fourth-order valence-electron chi connectivity index (χ4n) is 5.43. The van der Waals surface area contributed by atoms with Gasteiger partial charge in [0.15, 0.2) is 4.80 Å². The first-order chi connectivity index (χ1) is 19.9. The van der Waals surface area contributed by atoms with Crippen LogP contribution in [0, 0.1) is 6.92 Å². The summed E-state index contributed by atoms with van der Waals surface area (Å²) >= 11 is 7.54. The third kappa shape index (κ3) is 4.77. The number of hydrogen-bond acceptors (Lipinski definition) is 4. The Balaban J connectivity index is 1.55. The Morgan fingerprint density at radius 2 is 1.76 bits per heavy atom. The lowest BCUT2D eigenvalue weighted by Crippen LogP contribution is -2.40. The molecule has 6 nitrogen and oxygen atoms in total. The van der Waals surface area contributed by atoms with Crippen molar-refractivity contribution in [1.29, 1.82) is 0 Å². The van der Waals surface area contributed by atoms with Crippen molar-refractivity contribution in [2.45, 2.75) is 26.4 Å². The molecule has 3 heterocycles. The van der Waals surface area contributed by atoms with Crippen molar-refractivity contribution < 1.29 is 4.79 Å². The van der Waals surface area contributed by atoms with Gasteiger partial charge in [-0.2, -0.15) is 0 Å². The molecule has 0 spiro atoms. The van der Waals surface area contributed by atoms with E-state index in [1.165, 1.54) is 11.3 Å². The molecule has 0 fully saturated rings. The maximum Gasteiger partial charge on any atom is 0.271 e. The Morgan fingerprint density at radius 1 is 1.05 bits per heavy atom. The van der Waals surface area contributed by atoms with Crippen LogP contribution in [-0.2, 0) is 11.3 Å². The smallest absolute Gasteiger partial charge is 0.271 e. The van der Waals surface area contributed by atoms with Gasteiger partial charge >= 0.3 is 0 Å². The fourth-order valence-corrected chi connectivity index (χ4v) is 6.58. The predicted molar refractivity (Wildman–Crippen MR) is 167 cm³/mol. The number of allylic oxidation sites excluding steroid dienone is 2. The molecule has 0 radical (unpaired) electrons. The van der Waals surface area contributed by atoms with Crippen LogP contribution in [-0.4, -0.2) is 15.0 Å². The van der Waals surface area contributed by atoms with Gasteiger partial charge in [-0.3, -0.25) is 14.2 Å². The van der Waals surface area contributed by atoms with Crippen molar-refractivity contribution in [1.82, 2.24) is 9.13 Å². The SMILES string of the molecule is C=CCn1c(C)c(/C=c2\sc3n(c2=O)[C@@H](c2ccc(Cl)cc2)C(C(=O)Nc2ccccc2)=C(C)N=3)c2ccccc21. The van der Waals surface area contributed by atoms with Crippen LogP contribution in [0.3, 0.4) is 0 Å². The van der Waals surface area contributed by atoms with Crippen molar-refractivity contribution in [3.63, 3.8) is 0 Å². The van der Waals surface area contributed by atoms with Gasteiger partial charge in [-0.25, -0.2) is 4.99 Å². The minimum atomic E-state index is -0.669. The van der Waals surface area contributed by atoms with Crippen LogP contribution in [0.5, 0.6) is 0 Å². The van der Waals surface area contributed by atoms with Crippen molar-refractivity contribution >= 4 is 51.5 Å². The van der Waals surface area contributed by atoms with Gasteiger partial charge in [0, 0.05) is 39.4 Å². The lowest BCUT2D eigenvalue weighted by molar-refractivity contribution is -0.113. The number of halogens is 1. The number of nitrogens with one attached hydrogen (secondary N) is 1. The summed E-state index contributed by atoms with van der Waals surface area (Å²) in [7, 11) is 0. The quantitative estimate of drug-likeness (QED) is 0.252. The maximum atomic E-state index is 14.2. The van der Waals surface area contributed by atoms with Crippen molar-refractivity contribution in [2.75, 3.05) is 5.32 Å². The zero-order valence-corrected chi connectivity index (χ0v) is 24.2. The molecule has 1 aliphatic heterocycles. The molecular formula is C33H27ClN4O2S. The number of anilines is 1. The van der Waals surface area contributed by atoms with Gasteiger partial charge in [0.2, 0.25) is 0 Å². The first kappa shape index (κ1) is 26.7. The van der Waals surface area contributed by atoms with Gasteiger partial charge < -0.3 is 9.88 Å². The fraction of sp³-hybridized carbons (Fsp3) is 0.121. The number of carbonyl (C=O) groups is 1. The molecule has 41 heavy (non-hydrogen) atoms. The minimum Gasteiger partial charge on any atom is -0.340 e. The predicted octanol–water partition coefficient (Wildman–Crippen LogP) is 5.98. The Kier molecular flexibility index (Phi) is 7.07. The summed E-state index contributed by atoms with van der Waals surface area (Å²) in [6, 6.07) is 24.0.